The molecule has 0 aromatic heterocycles. The van der Waals surface area contributed by atoms with Gasteiger partial charge < -0.3 is 14.0 Å². The van der Waals surface area contributed by atoms with Gasteiger partial charge in [0.15, 0.2) is 0 Å². The molecule has 0 fully saturated rings. The summed E-state index contributed by atoms with van der Waals surface area (Å²) in [5.41, 5.74) is 6.65. The van der Waals surface area contributed by atoms with Gasteiger partial charge in [0.05, 0.1) is 0 Å². The van der Waals surface area contributed by atoms with Gasteiger partial charge in [-0.2, -0.15) is 0 Å². The summed E-state index contributed by atoms with van der Waals surface area (Å²) < 4.78 is 11.3. The van der Waals surface area contributed by atoms with E-state index in [4.69, 9.17) is 14.0 Å². The molecule has 0 saturated heterocycles. The van der Waals surface area contributed by atoms with Crippen molar-refractivity contribution in [2.24, 2.45) is 5.73 Å². The normalized spacial score (nSPS) is 15.8. The predicted octanol–water partition coefficient (Wildman–Crippen LogP) is -1.05. The van der Waals surface area contributed by atoms with Gasteiger partial charge >= 0.3 is 8.56 Å². The summed E-state index contributed by atoms with van der Waals surface area (Å²) in [6, 6.07) is 1.95. The topological polar surface area (TPSA) is 44.5 Å². The summed E-state index contributed by atoms with van der Waals surface area (Å²) in [5.74, 6) is 0. The lowest BCUT2D eigenvalue weighted by Crippen LogP contribution is -2.41. The Morgan fingerprint density at radius 1 is 1.46 bits per heavy atom. The van der Waals surface area contributed by atoms with Crippen LogP contribution in [0.4, 0.5) is 0 Å². The van der Waals surface area contributed by atoms with Gasteiger partial charge in [-0.25, -0.2) is 0 Å². The van der Waals surface area contributed by atoms with E-state index in [-0.39, 0.29) is 0 Å². The molecule has 3 nitrogen and oxygen atoms in total. The average Bonchev–Trinajstić information content (AvgIpc) is 2.12. The van der Waals surface area contributed by atoms with E-state index in [2.05, 4.69) is 6.58 Å². The number of rotatable bonds is 7. The van der Waals surface area contributed by atoms with Crippen LogP contribution in [0.5, 0.6) is 0 Å². The molecule has 0 amide bonds. The Bertz CT molecular complexity index is 162. The molecule has 0 aromatic carbocycles. The van der Waals surface area contributed by atoms with Crippen LogP contribution in [0, 0.1) is 0 Å². The van der Waals surface area contributed by atoms with E-state index in [1.54, 1.807) is 0 Å². The van der Waals surface area contributed by atoms with Crippen molar-refractivity contribution in [3.8, 4) is 0 Å². The predicted molar refractivity (Wildman–Crippen MR) is 65.9 cm³/mol. The second-order valence-electron chi connectivity index (χ2n) is 3.35. The fraction of sp³-hybridized carbons (Fsp3) is 0.714. The lowest BCUT2D eigenvalue weighted by Gasteiger charge is -2.28. The Hall–Kier alpha value is 0.271. The highest BCUT2D eigenvalue weighted by Crippen LogP contribution is 2.22. The summed E-state index contributed by atoms with van der Waals surface area (Å²) in [4.78, 5) is 0. The minimum atomic E-state index is -1.88. The van der Waals surface area contributed by atoms with Crippen LogP contribution in [0.1, 0.15) is 13.3 Å². The number of hydrogen-bond acceptors (Lipinski definition) is 3. The molecule has 0 rings (SSSR count). The van der Waals surface area contributed by atoms with Crippen molar-refractivity contribution in [2.45, 2.75) is 25.4 Å². The van der Waals surface area contributed by atoms with Gasteiger partial charge in [0.25, 0.3) is 0 Å². The second-order valence-corrected chi connectivity index (χ2v) is 9.29. The van der Waals surface area contributed by atoms with Crippen LogP contribution in [0.2, 0.25) is 12.1 Å². The molecule has 2 N–H and O–H groups in total. The monoisotopic (exact) mass is 235 g/mol. The molecule has 0 aliphatic carbocycles. The van der Waals surface area contributed by atoms with Crippen LogP contribution in [0.3, 0.4) is 0 Å². The van der Waals surface area contributed by atoms with E-state index in [0.29, 0.717) is 0 Å². The van der Waals surface area contributed by atoms with Crippen LogP contribution in [0.25, 0.3) is 0 Å². The fourth-order valence-electron chi connectivity index (χ4n) is 1.35. The molecule has 0 bridgehead atoms. The van der Waals surface area contributed by atoms with E-state index in [1.807, 2.05) is 6.92 Å². The van der Waals surface area contributed by atoms with Crippen molar-refractivity contribution < 1.29 is 8.23 Å². The summed E-state index contributed by atoms with van der Waals surface area (Å²) in [5, 5.41) is 0. The zero-order valence-corrected chi connectivity index (χ0v) is 13.9. The second kappa shape index (κ2) is 6.68. The van der Waals surface area contributed by atoms with Crippen LogP contribution >= 0.6 is 0 Å². The molecule has 0 aromatic rings. The molecule has 0 atom stereocenters. The van der Waals surface area contributed by atoms with Gasteiger partial charge in [0.2, 0.25) is 0 Å². The molecule has 0 saturated carbocycles. The van der Waals surface area contributed by atoms with Crippen LogP contribution in [0.15, 0.2) is 12.2 Å². The van der Waals surface area contributed by atoms with Crippen molar-refractivity contribution in [3.63, 3.8) is 0 Å². The number of nitrogens with two attached hydrogens (primary N) is 1. The summed E-state index contributed by atoms with van der Waals surface area (Å²) in [6.45, 7) is 6.67. The SMILES string of the molecule is C=C(C)C[Si](CCCN)(O[SiH3])O[SiH3]. The summed E-state index contributed by atoms with van der Waals surface area (Å²) in [7, 11) is -0.374. The first-order valence-electron chi connectivity index (χ1n) is 4.55. The maximum Gasteiger partial charge on any atom is 0.320 e. The molecular formula is C7H21NO2Si3. The molecule has 0 aliphatic rings. The van der Waals surface area contributed by atoms with Crippen LogP contribution < -0.4 is 5.73 Å². The fourth-order valence-corrected chi connectivity index (χ4v) is 8.14. The van der Waals surface area contributed by atoms with Crippen molar-refractivity contribution >= 4 is 29.5 Å². The molecule has 6 heteroatoms. The van der Waals surface area contributed by atoms with Gasteiger partial charge in [-0.3, -0.25) is 0 Å². The highest BCUT2D eigenvalue weighted by atomic mass is 28.4. The molecule has 0 unspecified atom stereocenters. The molecule has 13 heavy (non-hydrogen) atoms. The van der Waals surface area contributed by atoms with E-state index < -0.39 is 8.56 Å². The molecule has 0 radical (unpaired) electrons. The third-order valence-corrected chi connectivity index (χ3v) is 10.3. The molecule has 0 heterocycles. The molecule has 0 aliphatic heterocycles. The Morgan fingerprint density at radius 2 is 2.00 bits per heavy atom. The Labute approximate surface area is 88.0 Å². The van der Waals surface area contributed by atoms with Crippen molar-refractivity contribution in [1.82, 2.24) is 0 Å². The standard InChI is InChI=1S/C7H21NO2Si3/c1-7(2)6-13(9-11,10-12)5-3-4-8/h1,3-6,8H2,2,11-12H3. The van der Waals surface area contributed by atoms with E-state index in [0.717, 1.165) is 51.6 Å². The first-order chi connectivity index (χ1) is 6.10. The first kappa shape index (κ1) is 13.3. The van der Waals surface area contributed by atoms with E-state index in [1.165, 1.54) is 0 Å². The molecule has 0 spiro atoms. The number of allylic oxidation sites excluding steroid dienone is 1. The average molecular weight is 236 g/mol. The molecular weight excluding hydrogens is 214 g/mol. The Balaban J connectivity index is 4.21. The van der Waals surface area contributed by atoms with Crippen molar-refractivity contribution in [2.75, 3.05) is 6.54 Å². The molecule has 78 valence electrons. The smallest absolute Gasteiger partial charge is 0.320 e. The van der Waals surface area contributed by atoms with Gasteiger partial charge in [-0.05, 0) is 25.9 Å². The highest BCUT2D eigenvalue weighted by molar-refractivity contribution is 6.73. The van der Waals surface area contributed by atoms with Gasteiger partial charge in [0, 0.05) is 6.04 Å². The maximum absolute atomic E-state index is 5.67. The number of hydrogen-bond donors (Lipinski definition) is 1. The largest absolute Gasteiger partial charge is 0.445 e. The van der Waals surface area contributed by atoms with E-state index >= 15 is 0 Å². The Kier molecular flexibility index (Phi) is 6.82. The summed E-state index contributed by atoms with van der Waals surface area (Å²) >= 11 is 0. The minimum absolute atomic E-state index is 0.723. The lowest BCUT2D eigenvalue weighted by atomic mass is 10.4. The summed E-state index contributed by atoms with van der Waals surface area (Å²) in [6.07, 6.45) is 1.00. The van der Waals surface area contributed by atoms with Gasteiger partial charge in [-0.15, -0.1) is 6.58 Å². The van der Waals surface area contributed by atoms with Crippen LogP contribution in [-0.2, 0) is 8.23 Å². The Morgan fingerprint density at radius 3 is 2.31 bits per heavy atom. The highest BCUT2D eigenvalue weighted by Gasteiger charge is 2.33. The van der Waals surface area contributed by atoms with Gasteiger partial charge in [0.1, 0.15) is 21.0 Å². The van der Waals surface area contributed by atoms with Crippen LogP contribution in [-0.4, -0.2) is 36.1 Å². The zero-order valence-electron chi connectivity index (χ0n) is 8.93. The maximum atomic E-state index is 5.67. The zero-order chi connectivity index (χ0) is 10.3. The van der Waals surface area contributed by atoms with E-state index in [9.17, 15) is 0 Å². The third kappa shape index (κ3) is 4.89. The van der Waals surface area contributed by atoms with Crippen molar-refractivity contribution in [1.29, 1.82) is 0 Å². The van der Waals surface area contributed by atoms with Gasteiger partial charge in [-0.1, -0.05) is 5.57 Å². The first-order valence-corrected chi connectivity index (χ1v) is 8.41. The lowest BCUT2D eigenvalue weighted by molar-refractivity contribution is 0.420. The van der Waals surface area contributed by atoms with Crippen molar-refractivity contribution in [3.05, 3.63) is 12.2 Å². The third-order valence-electron chi connectivity index (χ3n) is 2.08. The minimum Gasteiger partial charge on any atom is -0.445 e. The quantitative estimate of drug-likeness (QED) is 0.452.